The van der Waals surface area contributed by atoms with Crippen molar-refractivity contribution in [3.63, 3.8) is 0 Å². The monoisotopic (exact) mass is 362 g/mol. The van der Waals surface area contributed by atoms with Gasteiger partial charge in [0.05, 0.1) is 12.8 Å². The Morgan fingerprint density at radius 2 is 1.91 bits per heavy atom. The number of nitrogens with zero attached hydrogens (tertiary/aromatic N) is 1. The minimum Gasteiger partial charge on any atom is -0.507 e. The lowest BCUT2D eigenvalue weighted by atomic mass is 10.1. The topological polar surface area (TPSA) is 70.9 Å². The number of halogens is 1. The maximum atomic E-state index is 12.0. The molecule has 0 atom stereocenters. The van der Waals surface area contributed by atoms with Crippen LogP contribution in [0.1, 0.15) is 22.8 Å². The highest BCUT2D eigenvalue weighted by Crippen LogP contribution is 2.23. The maximum absolute atomic E-state index is 12.0. The quantitative estimate of drug-likeness (QED) is 0.647. The summed E-state index contributed by atoms with van der Waals surface area (Å²) in [5.74, 6) is 0.270. The first kappa shape index (κ1) is 16.0. The summed E-state index contributed by atoms with van der Waals surface area (Å²) in [6.07, 6.45) is 0. The smallest absolute Gasteiger partial charge is 0.271 e. The van der Waals surface area contributed by atoms with E-state index in [0.717, 1.165) is 4.47 Å². The Labute approximate surface area is 136 Å². The van der Waals surface area contributed by atoms with E-state index < -0.39 is 0 Å². The largest absolute Gasteiger partial charge is 0.507 e. The molecular weight excluding hydrogens is 348 g/mol. The summed E-state index contributed by atoms with van der Waals surface area (Å²) in [6.45, 7) is 1.70. The number of ether oxygens (including phenoxy) is 1. The number of hydrogen-bond acceptors (Lipinski definition) is 4. The molecule has 0 aromatic heterocycles. The molecule has 0 aliphatic rings. The van der Waals surface area contributed by atoms with Crippen molar-refractivity contribution in [2.24, 2.45) is 5.10 Å². The number of carbonyl (C=O) groups excluding carboxylic acids is 1. The van der Waals surface area contributed by atoms with Crippen LogP contribution in [0.5, 0.6) is 11.5 Å². The van der Waals surface area contributed by atoms with Crippen molar-refractivity contribution in [1.29, 1.82) is 0 Å². The van der Waals surface area contributed by atoms with Gasteiger partial charge in [-0.1, -0.05) is 15.9 Å². The van der Waals surface area contributed by atoms with Crippen molar-refractivity contribution in [2.75, 3.05) is 7.11 Å². The van der Waals surface area contributed by atoms with Crippen molar-refractivity contribution in [3.8, 4) is 11.5 Å². The second-order valence-corrected chi connectivity index (χ2v) is 5.44. The molecule has 0 saturated heterocycles. The second-order valence-electron chi connectivity index (χ2n) is 4.53. The predicted octanol–water partition coefficient (Wildman–Crippen LogP) is 3.32. The second kappa shape index (κ2) is 7.09. The minimum absolute atomic E-state index is 0.0403. The molecule has 2 aromatic carbocycles. The molecule has 0 bridgehead atoms. The van der Waals surface area contributed by atoms with E-state index in [9.17, 15) is 9.90 Å². The number of hydrogen-bond donors (Lipinski definition) is 2. The van der Waals surface area contributed by atoms with Gasteiger partial charge in [0, 0.05) is 21.7 Å². The molecule has 0 fully saturated rings. The number of nitrogens with one attached hydrogen (secondary N) is 1. The van der Waals surface area contributed by atoms with E-state index in [4.69, 9.17) is 4.74 Å². The van der Waals surface area contributed by atoms with Crippen LogP contribution in [0.25, 0.3) is 0 Å². The molecule has 22 heavy (non-hydrogen) atoms. The van der Waals surface area contributed by atoms with Crippen LogP contribution in [0.3, 0.4) is 0 Å². The third-order valence-corrected chi connectivity index (χ3v) is 3.55. The van der Waals surface area contributed by atoms with Crippen LogP contribution in [0.15, 0.2) is 52.0 Å². The fraction of sp³-hybridized carbons (Fsp3) is 0.125. The molecule has 0 saturated carbocycles. The summed E-state index contributed by atoms with van der Waals surface area (Å²) in [7, 11) is 1.52. The van der Waals surface area contributed by atoms with Crippen molar-refractivity contribution in [3.05, 3.63) is 58.1 Å². The Balaban J connectivity index is 2.12. The summed E-state index contributed by atoms with van der Waals surface area (Å²) < 4.78 is 5.92. The van der Waals surface area contributed by atoms with Gasteiger partial charge in [-0.25, -0.2) is 5.43 Å². The van der Waals surface area contributed by atoms with E-state index in [1.165, 1.54) is 13.2 Å². The van der Waals surface area contributed by atoms with Gasteiger partial charge in [-0.3, -0.25) is 4.79 Å². The molecule has 0 spiro atoms. The Morgan fingerprint density at radius 1 is 1.23 bits per heavy atom. The number of amides is 1. The van der Waals surface area contributed by atoms with Crippen LogP contribution in [0, 0.1) is 0 Å². The minimum atomic E-state index is -0.320. The van der Waals surface area contributed by atoms with Gasteiger partial charge in [0.15, 0.2) is 0 Å². The van der Waals surface area contributed by atoms with Crippen LogP contribution in [0.4, 0.5) is 0 Å². The highest BCUT2D eigenvalue weighted by Gasteiger charge is 2.08. The van der Waals surface area contributed by atoms with E-state index in [1.807, 2.05) is 0 Å². The molecule has 0 aliphatic heterocycles. The van der Waals surface area contributed by atoms with Gasteiger partial charge < -0.3 is 9.84 Å². The lowest BCUT2D eigenvalue weighted by molar-refractivity contribution is 0.0955. The average molecular weight is 363 g/mol. The summed E-state index contributed by atoms with van der Waals surface area (Å²) in [4.78, 5) is 12.0. The standard InChI is InChI=1S/C16H15BrN2O3/c1-10(14-8-7-13(22-2)9-15(14)20)18-19-16(21)11-3-5-12(17)6-4-11/h3-9,20H,1-2H3,(H,19,21)/b18-10+. The molecular formula is C16H15BrN2O3. The molecule has 0 aliphatic carbocycles. The first-order valence-electron chi connectivity index (χ1n) is 6.49. The normalized spacial score (nSPS) is 11.1. The third-order valence-electron chi connectivity index (χ3n) is 3.03. The molecule has 2 rings (SSSR count). The van der Waals surface area contributed by atoms with Crippen molar-refractivity contribution < 1.29 is 14.6 Å². The van der Waals surface area contributed by atoms with Crippen LogP contribution in [0.2, 0.25) is 0 Å². The predicted molar refractivity (Wildman–Crippen MR) is 88.5 cm³/mol. The number of carbonyl (C=O) groups is 1. The van der Waals surface area contributed by atoms with Gasteiger partial charge in [0.25, 0.3) is 5.91 Å². The molecule has 2 N–H and O–H groups in total. The Bertz CT molecular complexity index is 712. The highest BCUT2D eigenvalue weighted by atomic mass is 79.9. The zero-order valence-electron chi connectivity index (χ0n) is 12.1. The van der Waals surface area contributed by atoms with Gasteiger partial charge in [0.2, 0.25) is 0 Å². The summed E-state index contributed by atoms with van der Waals surface area (Å²) in [5.41, 5.74) is 3.98. The fourth-order valence-electron chi connectivity index (χ4n) is 1.81. The van der Waals surface area contributed by atoms with Crippen LogP contribution < -0.4 is 10.2 Å². The van der Waals surface area contributed by atoms with E-state index in [1.54, 1.807) is 43.3 Å². The highest BCUT2D eigenvalue weighted by molar-refractivity contribution is 9.10. The number of rotatable bonds is 4. The number of benzene rings is 2. The number of aromatic hydroxyl groups is 1. The third kappa shape index (κ3) is 3.85. The number of hydrazone groups is 1. The lowest BCUT2D eigenvalue weighted by Gasteiger charge is -2.07. The van der Waals surface area contributed by atoms with E-state index >= 15 is 0 Å². The Kier molecular flexibility index (Phi) is 5.16. The first-order chi connectivity index (χ1) is 10.5. The summed E-state index contributed by atoms with van der Waals surface area (Å²) in [6, 6.07) is 11.8. The fourth-order valence-corrected chi connectivity index (χ4v) is 2.07. The van der Waals surface area contributed by atoms with Crippen LogP contribution in [-0.4, -0.2) is 23.8 Å². The van der Waals surface area contributed by atoms with E-state index in [2.05, 4.69) is 26.5 Å². The average Bonchev–Trinajstić information content (AvgIpc) is 2.52. The molecule has 5 nitrogen and oxygen atoms in total. The zero-order chi connectivity index (χ0) is 16.1. The molecule has 0 radical (unpaired) electrons. The van der Waals surface area contributed by atoms with Gasteiger partial charge in [-0.15, -0.1) is 0 Å². The van der Waals surface area contributed by atoms with Gasteiger partial charge >= 0.3 is 0 Å². The SMILES string of the molecule is COc1ccc(/C(C)=N/NC(=O)c2ccc(Br)cc2)c(O)c1. The van der Waals surface area contributed by atoms with Crippen LogP contribution in [-0.2, 0) is 0 Å². The molecule has 1 amide bonds. The number of phenols is 1. The molecule has 0 heterocycles. The van der Waals surface area contributed by atoms with E-state index in [0.29, 0.717) is 22.6 Å². The van der Waals surface area contributed by atoms with Crippen molar-refractivity contribution >= 4 is 27.5 Å². The van der Waals surface area contributed by atoms with Crippen molar-refractivity contribution in [1.82, 2.24) is 5.43 Å². The Hall–Kier alpha value is -2.34. The van der Waals surface area contributed by atoms with Gasteiger partial charge in [-0.2, -0.15) is 5.10 Å². The maximum Gasteiger partial charge on any atom is 0.271 e. The summed E-state index contributed by atoms with van der Waals surface area (Å²) >= 11 is 3.31. The zero-order valence-corrected chi connectivity index (χ0v) is 13.7. The van der Waals surface area contributed by atoms with E-state index in [-0.39, 0.29) is 11.7 Å². The van der Waals surface area contributed by atoms with Crippen LogP contribution >= 0.6 is 15.9 Å². The molecule has 0 unspecified atom stereocenters. The lowest BCUT2D eigenvalue weighted by Crippen LogP contribution is -2.19. The molecule has 114 valence electrons. The molecule has 2 aromatic rings. The van der Waals surface area contributed by atoms with Gasteiger partial charge in [-0.05, 0) is 43.3 Å². The van der Waals surface area contributed by atoms with Crippen molar-refractivity contribution in [2.45, 2.75) is 6.92 Å². The first-order valence-corrected chi connectivity index (χ1v) is 7.28. The summed E-state index contributed by atoms with van der Waals surface area (Å²) in [5, 5.41) is 13.9. The Morgan fingerprint density at radius 3 is 2.50 bits per heavy atom. The number of phenolic OH excluding ortho intramolecular Hbond substituents is 1. The number of methoxy groups -OCH3 is 1. The molecule has 6 heteroatoms. The van der Waals surface area contributed by atoms with Gasteiger partial charge in [0.1, 0.15) is 11.5 Å².